The third kappa shape index (κ3) is 3.36. The van der Waals surface area contributed by atoms with Gasteiger partial charge in [0.1, 0.15) is 5.78 Å². The Hall–Kier alpha value is -1.18. The Kier molecular flexibility index (Phi) is 3.62. The molecular weight excluding hydrogens is 162 g/mol. The number of pyridine rings is 1. The summed E-state index contributed by atoms with van der Waals surface area (Å²) < 4.78 is 0. The van der Waals surface area contributed by atoms with Gasteiger partial charge in [0.15, 0.2) is 0 Å². The lowest BCUT2D eigenvalue weighted by Gasteiger charge is -1.99. The summed E-state index contributed by atoms with van der Waals surface area (Å²) in [5, 5.41) is 0. The molecule has 0 saturated carbocycles. The van der Waals surface area contributed by atoms with Crippen molar-refractivity contribution in [1.82, 2.24) is 4.98 Å². The summed E-state index contributed by atoms with van der Waals surface area (Å²) in [6.45, 7) is 3.95. The van der Waals surface area contributed by atoms with Gasteiger partial charge in [-0.2, -0.15) is 0 Å². The van der Waals surface area contributed by atoms with Gasteiger partial charge in [-0.1, -0.05) is 13.0 Å². The van der Waals surface area contributed by atoms with E-state index in [0.717, 1.165) is 17.8 Å². The van der Waals surface area contributed by atoms with Gasteiger partial charge in [-0.15, -0.1) is 0 Å². The molecule has 13 heavy (non-hydrogen) atoms. The van der Waals surface area contributed by atoms with E-state index in [1.807, 2.05) is 32.0 Å². The molecule has 0 spiro atoms. The van der Waals surface area contributed by atoms with E-state index in [4.69, 9.17) is 0 Å². The zero-order valence-corrected chi connectivity index (χ0v) is 8.21. The highest BCUT2D eigenvalue weighted by atomic mass is 16.1. The van der Waals surface area contributed by atoms with E-state index in [-0.39, 0.29) is 5.78 Å². The zero-order chi connectivity index (χ0) is 9.68. The monoisotopic (exact) mass is 177 g/mol. The van der Waals surface area contributed by atoms with E-state index in [0.29, 0.717) is 12.8 Å². The van der Waals surface area contributed by atoms with Crippen LogP contribution in [0.25, 0.3) is 0 Å². The molecule has 0 radical (unpaired) electrons. The fourth-order valence-corrected chi connectivity index (χ4v) is 1.27. The Labute approximate surface area is 79.0 Å². The average Bonchev–Trinajstić information content (AvgIpc) is 2.04. The van der Waals surface area contributed by atoms with E-state index < -0.39 is 0 Å². The molecule has 2 heteroatoms. The molecule has 0 amide bonds. The van der Waals surface area contributed by atoms with Crippen LogP contribution in [0.3, 0.4) is 0 Å². The van der Waals surface area contributed by atoms with Crippen LogP contribution in [0.5, 0.6) is 0 Å². The molecule has 0 bridgehead atoms. The number of Topliss-reactive ketones (excluding diaryl/α,β-unsaturated/α-hetero) is 1. The van der Waals surface area contributed by atoms with E-state index in [1.54, 1.807) is 0 Å². The van der Waals surface area contributed by atoms with E-state index in [9.17, 15) is 4.79 Å². The van der Waals surface area contributed by atoms with Crippen molar-refractivity contribution in [2.24, 2.45) is 0 Å². The standard InChI is InChI=1S/C11H15NO/c1-3-5-11(13)8-10-7-4-6-9(2)12-10/h4,6-7H,3,5,8H2,1-2H3. The minimum absolute atomic E-state index is 0.278. The summed E-state index contributed by atoms with van der Waals surface area (Å²) in [4.78, 5) is 15.6. The molecule has 70 valence electrons. The molecule has 0 unspecified atom stereocenters. The molecule has 0 fully saturated rings. The van der Waals surface area contributed by atoms with Gasteiger partial charge in [-0.25, -0.2) is 0 Å². The van der Waals surface area contributed by atoms with Crippen LogP contribution in [0.1, 0.15) is 31.2 Å². The van der Waals surface area contributed by atoms with Gasteiger partial charge in [-0.3, -0.25) is 9.78 Å². The number of carbonyl (C=O) groups is 1. The molecule has 0 aliphatic rings. The summed E-state index contributed by atoms with van der Waals surface area (Å²) >= 11 is 0. The molecule has 0 saturated heterocycles. The molecule has 1 aromatic rings. The Bertz CT molecular complexity index is 294. The first-order valence-corrected chi connectivity index (χ1v) is 4.66. The van der Waals surface area contributed by atoms with E-state index >= 15 is 0 Å². The van der Waals surface area contributed by atoms with Gasteiger partial charge in [0.25, 0.3) is 0 Å². The van der Waals surface area contributed by atoms with Crippen LogP contribution < -0.4 is 0 Å². The number of rotatable bonds is 4. The smallest absolute Gasteiger partial charge is 0.138 e. The van der Waals surface area contributed by atoms with Crippen LogP contribution in [-0.4, -0.2) is 10.8 Å². The van der Waals surface area contributed by atoms with Crippen molar-refractivity contribution in [2.75, 3.05) is 0 Å². The zero-order valence-electron chi connectivity index (χ0n) is 8.21. The minimum Gasteiger partial charge on any atom is -0.299 e. The maximum atomic E-state index is 11.3. The van der Waals surface area contributed by atoms with Crippen molar-refractivity contribution in [3.63, 3.8) is 0 Å². The number of hydrogen-bond acceptors (Lipinski definition) is 2. The quantitative estimate of drug-likeness (QED) is 0.706. The summed E-state index contributed by atoms with van der Waals surface area (Å²) in [5.74, 6) is 0.278. The SMILES string of the molecule is CCCC(=O)Cc1cccc(C)n1. The van der Waals surface area contributed by atoms with E-state index in [2.05, 4.69) is 4.98 Å². The van der Waals surface area contributed by atoms with Crippen LogP contribution >= 0.6 is 0 Å². The Morgan fingerprint density at radius 1 is 1.46 bits per heavy atom. The first-order valence-electron chi connectivity index (χ1n) is 4.66. The third-order valence-electron chi connectivity index (χ3n) is 1.85. The van der Waals surface area contributed by atoms with Crippen molar-refractivity contribution in [3.05, 3.63) is 29.6 Å². The van der Waals surface area contributed by atoms with Crippen molar-refractivity contribution in [1.29, 1.82) is 0 Å². The summed E-state index contributed by atoms with van der Waals surface area (Å²) in [6, 6.07) is 5.78. The molecular formula is C11H15NO. The van der Waals surface area contributed by atoms with Crippen molar-refractivity contribution in [2.45, 2.75) is 33.1 Å². The molecule has 1 aromatic heterocycles. The number of carbonyl (C=O) groups excluding carboxylic acids is 1. The molecule has 2 nitrogen and oxygen atoms in total. The predicted molar refractivity (Wildman–Crippen MR) is 52.6 cm³/mol. The number of aryl methyl sites for hydroxylation is 1. The van der Waals surface area contributed by atoms with Crippen molar-refractivity contribution in [3.8, 4) is 0 Å². The summed E-state index contributed by atoms with van der Waals surface area (Å²) in [5.41, 5.74) is 1.86. The molecule has 0 atom stereocenters. The van der Waals surface area contributed by atoms with Gasteiger partial charge >= 0.3 is 0 Å². The van der Waals surface area contributed by atoms with Crippen molar-refractivity contribution >= 4 is 5.78 Å². The van der Waals surface area contributed by atoms with E-state index in [1.165, 1.54) is 0 Å². The maximum absolute atomic E-state index is 11.3. The highest BCUT2D eigenvalue weighted by Gasteiger charge is 2.02. The van der Waals surface area contributed by atoms with Gasteiger partial charge in [0, 0.05) is 24.2 Å². The normalized spacial score (nSPS) is 10.0. The average molecular weight is 177 g/mol. The van der Waals surface area contributed by atoms with Crippen LogP contribution in [0.2, 0.25) is 0 Å². The molecule has 0 aromatic carbocycles. The summed E-state index contributed by atoms with van der Waals surface area (Å²) in [7, 11) is 0. The Morgan fingerprint density at radius 2 is 2.23 bits per heavy atom. The number of ketones is 1. The minimum atomic E-state index is 0.278. The van der Waals surface area contributed by atoms with Crippen LogP contribution in [0.4, 0.5) is 0 Å². The molecule has 1 heterocycles. The first kappa shape index (κ1) is 9.90. The van der Waals surface area contributed by atoms with Gasteiger partial charge < -0.3 is 0 Å². The fraction of sp³-hybridized carbons (Fsp3) is 0.455. The lowest BCUT2D eigenvalue weighted by atomic mass is 10.1. The number of nitrogens with zero attached hydrogens (tertiary/aromatic N) is 1. The maximum Gasteiger partial charge on any atom is 0.138 e. The third-order valence-corrected chi connectivity index (χ3v) is 1.85. The second-order valence-corrected chi connectivity index (χ2v) is 3.24. The fourth-order valence-electron chi connectivity index (χ4n) is 1.27. The predicted octanol–water partition coefficient (Wildman–Crippen LogP) is 2.30. The molecule has 1 rings (SSSR count). The second-order valence-electron chi connectivity index (χ2n) is 3.24. The summed E-state index contributed by atoms with van der Waals surface area (Å²) in [6.07, 6.45) is 2.07. The van der Waals surface area contributed by atoms with Gasteiger partial charge in [-0.05, 0) is 25.5 Å². The number of aromatic nitrogens is 1. The highest BCUT2D eigenvalue weighted by Crippen LogP contribution is 2.02. The molecule has 0 N–H and O–H groups in total. The van der Waals surface area contributed by atoms with Gasteiger partial charge in [0.2, 0.25) is 0 Å². The van der Waals surface area contributed by atoms with Crippen molar-refractivity contribution < 1.29 is 4.79 Å². The lowest BCUT2D eigenvalue weighted by molar-refractivity contribution is -0.118. The van der Waals surface area contributed by atoms with Crippen LogP contribution in [-0.2, 0) is 11.2 Å². The number of hydrogen-bond donors (Lipinski definition) is 0. The van der Waals surface area contributed by atoms with Gasteiger partial charge in [0.05, 0.1) is 0 Å². The lowest BCUT2D eigenvalue weighted by Crippen LogP contribution is -2.03. The largest absolute Gasteiger partial charge is 0.299 e. The second kappa shape index (κ2) is 4.75. The topological polar surface area (TPSA) is 30.0 Å². The molecule has 0 aliphatic heterocycles. The Morgan fingerprint density at radius 3 is 2.85 bits per heavy atom. The highest BCUT2D eigenvalue weighted by molar-refractivity contribution is 5.80. The first-order chi connectivity index (χ1) is 6.22. The Balaban J connectivity index is 2.58. The van der Waals surface area contributed by atoms with Crippen LogP contribution in [0, 0.1) is 6.92 Å². The molecule has 0 aliphatic carbocycles. The van der Waals surface area contributed by atoms with Crippen LogP contribution in [0.15, 0.2) is 18.2 Å².